The number of benzene rings is 6. The maximum atomic E-state index is 12.7. The highest BCUT2D eigenvalue weighted by atomic mass is 35.6. The Morgan fingerprint density at radius 1 is 0.486 bits per heavy atom. The number of carbonyl (C=O) groups excluding carboxylic acids is 3. The number of pyridine rings is 3. The number of nitrogens with zero attached hydrogens (tertiary/aromatic N) is 4. The van der Waals surface area contributed by atoms with Crippen molar-refractivity contribution < 1.29 is 54.0 Å². The third kappa shape index (κ3) is 27.3. The summed E-state index contributed by atoms with van der Waals surface area (Å²) in [5, 5.41) is 49.3. The summed E-state index contributed by atoms with van der Waals surface area (Å²) in [6.45, 7) is 28.3. The molecule has 0 aliphatic carbocycles. The Labute approximate surface area is 629 Å². The predicted octanol–water partition coefficient (Wildman–Crippen LogP) is 19.3. The van der Waals surface area contributed by atoms with Crippen LogP contribution in [0.25, 0.3) is 66.1 Å². The standard InChI is InChI=1S/C26H31NO2.C25H31NO3Si.C19H17NO3.C6H15ClSi.C6H15N.C4H5NO3/c1-2-3-4-5-9-14-23(29)18-22-19-27-26-21(16-17-28)13-10-15-24(26)25(22)20-11-7-6-8-12-20;1-25(2,3)30(4,5)29-15-14-19-12-9-13-21-23(18-10-7-6-8-11-18)20(16-22(27)28)17-26-24(19)21;21-10-9-14-7-4-8-16-18(13-5-2-1-3-6-13)15(11-17(22)23)12-20-19(14)16;1-6(2,3)8(4,5)7;1-2-3-4-5-6-7;6-3-1-2-4(7)5(3)8/h6-8,10-13,15,19,28H,2-5,9,14,16-18H2,1H3;6-13,17H,14-16H2,1-5H3,(H,27,28);1-8,12,21H,9-11H2,(H,22,23);1-5H3;2-7H2,1H3;8H,1-2H2. The Hall–Kier alpha value is -8.18. The fourth-order valence-electron chi connectivity index (χ4n) is 11.4. The smallest absolute Gasteiger partial charge is 0.307 e. The van der Waals surface area contributed by atoms with Crippen molar-refractivity contribution in [2.24, 2.45) is 5.73 Å². The van der Waals surface area contributed by atoms with Crippen molar-refractivity contribution in [3.63, 3.8) is 0 Å². The van der Waals surface area contributed by atoms with Crippen LogP contribution in [0.3, 0.4) is 0 Å². The van der Waals surface area contributed by atoms with Crippen molar-refractivity contribution in [3.8, 4) is 33.4 Å². The topological polar surface area (TPSA) is 264 Å². The van der Waals surface area contributed by atoms with Gasteiger partial charge in [0.1, 0.15) is 5.78 Å². The lowest BCUT2D eigenvalue weighted by atomic mass is 9.91. The van der Waals surface area contributed by atoms with E-state index < -0.39 is 39.5 Å². The molecule has 0 unspecified atom stereocenters. The molecule has 2 amide bonds. The van der Waals surface area contributed by atoms with Crippen LogP contribution < -0.4 is 5.73 Å². The van der Waals surface area contributed by atoms with Crippen LogP contribution in [-0.2, 0) is 66.9 Å². The number of ketones is 1. The summed E-state index contributed by atoms with van der Waals surface area (Å²) in [5.74, 6) is -2.46. The number of para-hydroxylation sites is 3. The summed E-state index contributed by atoms with van der Waals surface area (Å²) in [4.78, 5) is 69.6. The molecule has 1 fully saturated rings. The number of carbonyl (C=O) groups is 5. The fraction of sp³-hybridized carbons (Fsp3) is 0.419. The molecule has 564 valence electrons. The van der Waals surface area contributed by atoms with Gasteiger partial charge in [0.2, 0.25) is 0 Å². The third-order valence-electron chi connectivity index (χ3n) is 19.3. The van der Waals surface area contributed by atoms with Crippen LogP contribution in [0.1, 0.15) is 166 Å². The molecule has 7 N–H and O–H groups in total. The number of aliphatic hydroxyl groups is 2. The van der Waals surface area contributed by atoms with E-state index in [1.807, 2.05) is 128 Å². The largest absolute Gasteiger partial charge is 0.481 e. The van der Waals surface area contributed by atoms with Gasteiger partial charge in [0.05, 0.1) is 29.4 Å². The molecule has 9 aromatic rings. The van der Waals surface area contributed by atoms with Gasteiger partial charge < -0.3 is 30.6 Å². The Bertz CT molecular complexity index is 4190. The molecule has 0 saturated carbocycles. The number of carboxylic acids is 2. The number of nitrogens with two attached hydrogens (primary N) is 1. The van der Waals surface area contributed by atoms with E-state index in [9.17, 15) is 44.4 Å². The number of unbranched alkanes of at least 4 members (excludes halogenated alkanes) is 7. The van der Waals surface area contributed by atoms with Gasteiger partial charge in [0.25, 0.3) is 11.8 Å². The zero-order valence-corrected chi connectivity index (χ0v) is 66.8. The molecule has 16 nitrogen and oxygen atoms in total. The second-order valence-electron chi connectivity index (χ2n) is 29.5. The Morgan fingerprint density at radius 3 is 1.13 bits per heavy atom. The van der Waals surface area contributed by atoms with Gasteiger partial charge in [-0.1, -0.05) is 259 Å². The van der Waals surface area contributed by atoms with Crippen LogP contribution in [0.2, 0.25) is 36.3 Å². The van der Waals surface area contributed by atoms with Gasteiger partial charge in [-0.15, -0.1) is 0 Å². The van der Waals surface area contributed by atoms with E-state index in [4.69, 9.17) is 31.4 Å². The first kappa shape index (κ1) is 87.5. The molecule has 3 aromatic heterocycles. The number of hydrogen-bond donors (Lipinski definition) is 6. The fourth-order valence-corrected chi connectivity index (χ4v) is 12.4. The van der Waals surface area contributed by atoms with Gasteiger partial charge in [-0.2, -0.15) is 16.1 Å². The van der Waals surface area contributed by atoms with Crippen molar-refractivity contribution in [2.75, 3.05) is 26.4 Å². The minimum Gasteiger partial charge on any atom is -0.481 e. The number of rotatable bonds is 27. The number of aromatic nitrogens is 3. The number of Topliss-reactive ketones (excluding diaryl/α,β-unsaturated/α-hetero) is 1. The quantitative estimate of drug-likeness (QED) is 0.00919. The molecular weight excluding hydrogens is 1370 g/mol. The van der Waals surface area contributed by atoms with E-state index in [0.29, 0.717) is 42.9 Å². The number of aliphatic carboxylic acids is 2. The summed E-state index contributed by atoms with van der Waals surface area (Å²) < 4.78 is 6.37. The first-order valence-corrected chi connectivity index (χ1v) is 43.9. The number of aliphatic hydroxyl groups excluding tert-OH is 2. The van der Waals surface area contributed by atoms with Gasteiger partial charge in [0.15, 0.2) is 15.7 Å². The highest BCUT2D eigenvalue weighted by Gasteiger charge is 2.37. The Balaban J connectivity index is 0.000000246. The Morgan fingerprint density at radius 2 is 0.829 bits per heavy atom. The number of imide groups is 1. The molecule has 1 saturated heterocycles. The molecule has 19 heteroatoms. The number of fused-ring (bicyclic) bond motifs is 3. The summed E-state index contributed by atoms with van der Waals surface area (Å²) in [7, 11) is -3.19. The highest BCUT2D eigenvalue weighted by Crippen LogP contribution is 2.40. The predicted molar refractivity (Wildman–Crippen MR) is 434 cm³/mol. The summed E-state index contributed by atoms with van der Waals surface area (Å²) in [6, 6.07) is 48.0. The van der Waals surface area contributed by atoms with Gasteiger partial charge in [-0.25, -0.2) is 0 Å². The molecule has 6 aromatic carbocycles. The minimum atomic E-state index is -1.80. The normalized spacial score (nSPS) is 12.2. The summed E-state index contributed by atoms with van der Waals surface area (Å²) in [5.41, 5.74) is 19.5. The van der Waals surface area contributed by atoms with Gasteiger partial charge in [-0.3, -0.25) is 44.1 Å². The number of hydrogen-bond acceptors (Lipinski definition) is 13. The molecule has 1 aliphatic rings. The van der Waals surface area contributed by atoms with Crippen LogP contribution >= 0.6 is 11.1 Å². The molecule has 0 radical (unpaired) electrons. The molecular formula is C86H114ClN5O11Si2. The maximum absolute atomic E-state index is 12.7. The Kier molecular flexibility index (Phi) is 36.2. The molecule has 0 spiro atoms. The molecule has 0 atom stereocenters. The van der Waals surface area contributed by atoms with Crippen LogP contribution in [0, 0.1) is 0 Å². The zero-order valence-electron chi connectivity index (χ0n) is 64.1. The molecule has 0 bridgehead atoms. The number of halogens is 1. The van der Waals surface area contributed by atoms with Crippen LogP contribution in [0.4, 0.5) is 0 Å². The SMILES string of the molecule is CC(C)(C)[Si](C)(C)Cl.CC(C)(C)[Si](C)(C)OCCc1cccc2c(-c3ccccc3)c(CC(=O)O)cnc12.CCCCCCCC(=O)Cc1cnc2c(CCO)cccc2c1-c1ccccc1.CCCCCCN.O=C(O)Cc1cnc2c(CCO)cccc2c1-c1ccccc1.O=C1CCC(=O)N1O. The van der Waals surface area contributed by atoms with E-state index in [-0.39, 0.29) is 54.8 Å². The molecule has 4 heterocycles. The van der Waals surface area contributed by atoms with Crippen molar-refractivity contribution in [3.05, 3.63) is 198 Å². The van der Waals surface area contributed by atoms with Crippen LogP contribution in [-0.4, -0.2) is 117 Å². The first-order valence-electron chi connectivity index (χ1n) is 37.0. The average molecular weight is 1490 g/mol. The van der Waals surface area contributed by atoms with Gasteiger partial charge in [0, 0.05) is 80.3 Å². The monoisotopic (exact) mass is 1480 g/mol. The summed E-state index contributed by atoms with van der Waals surface area (Å²) >= 11 is 6.15. The number of carboxylic acid groups (broad SMARTS) is 2. The van der Waals surface area contributed by atoms with Crippen LogP contribution in [0.5, 0.6) is 0 Å². The van der Waals surface area contributed by atoms with Gasteiger partial charge in [-0.05, 0) is 129 Å². The average Bonchev–Trinajstić information content (AvgIpc) is 1.24. The molecule has 10 rings (SSSR count). The second kappa shape index (κ2) is 43.4. The summed E-state index contributed by atoms with van der Waals surface area (Å²) in [6.07, 6.45) is 19.3. The number of hydroxylamine groups is 2. The van der Waals surface area contributed by atoms with E-state index in [1.54, 1.807) is 12.4 Å². The molecule has 1 aliphatic heterocycles. The lowest BCUT2D eigenvalue weighted by Gasteiger charge is -2.36. The first-order chi connectivity index (χ1) is 49.9. The number of amides is 2. The third-order valence-corrected chi connectivity index (χ3v) is 29.1. The van der Waals surface area contributed by atoms with E-state index in [1.165, 1.54) is 44.9 Å². The molecule has 105 heavy (non-hydrogen) atoms. The lowest BCUT2D eigenvalue weighted by molar-refractivity contribution is -0.171. The lowest BCUT2D eigenvalue weighted by Crippen LogP contribution is -2.41. The van der Waals surface area contributed by atoms with Crippen LogP contribution in [0.15, 0.2) is 164 Å². The van der Waals surface area contributed by atoms with Gasteiger partial charge >= 0.3 is 11.9 Å². The zero-order chi connectivity index (χ0) is 77.3. The second-order valence-corrected chi connectivity index (χ2v) is 41.6. The van der Waals surface area contributed by atoms with E-state index in [2.05, 4.69) is 116 Å². The van der Waals surface area contributed by atoms with E-state index in [0.717, 1.165) is 120 Å². The van der Waals surface area contributed by atoms with Crippen molar-refractivity contribution in [1.82, 2.24) is 20.0 Å². The van der Waals surface area contributed by atoms with Crippen molar-refractivity contribution >= 4 is 89.0 Å². The maximum Gasteiger partial charge on any atom is 0.307 e. The van der Waals surface area contributed by atoms with E-state index >= 15 is 0 Å². The highest BCUT2D eigenvalue weighted by molar-refractivity contribution is 7.20. The van der Waals surface area contributed by atoms with Crippen molar-refractivity contribution in [1.29, 1.82) is 0 Å². The van der Waals surface area contributed by atoms with Crippen molar-refractivity contribution in [2.45, 2.75) is 207 Å². The minimum absolute atomic E-state index is 0.0497.